The molecule has 0 saturated carbocycles. The number of methoxy groups -OCH3 is 1. The van der Waals surface area contributed by atoms with Crippen molar-refractivity contribution in [2.24, 2.45) is 0 Å². The summed E-state index contributed by atoms with van der Waals surface area (Å²) in [4.78, 5) is 17.3. The minimum Gasteiger partial charge on any atom is -0.496 e. The summed E-state index contributed by atoms with van der Waals surface area (Å²) in [6.45, 7) is 6.00. The van der Waals surface area contributed by atoms with Crippen molar-refractivity contribution in [2.45, 2.75) is 58.9 Å². The lowest BCUT2D eigenvalue weighted by Crippen LogP contribution is -2.21. The molecule has 0 amide bonds. The molecule has 166 valence electrons. The van der Waals surface area contributed by atoms with E-state index in [1.807, 2.05) is 24.3 Å². The van der Waals surface area contributed by atoms with Gasteiger partial charge in [-0.25, -0.2) is 0 Å². The molecule has 1 aliphatic carbocycles. The zero-order chi connectivity index (χ0) is 22.7. The van der Waals surface area contributed by atoms with Gasteiger partial charge in [-0.3, -0.25) is 9.78 Å². The quantitative estimate of drug-likeness (QED) is 0.432. The summed E-state index contributed by atoms with van der Waals surface area (Å²) in [5, 5.41) is 3.63. The molecule has 1 heterocycles. The summed E-state index contributed by atoms with van der Waals surface area (Å²) >= 11 is 0. The fourth-order valence-electron chi connectivity index (χ4n) is 4.88. The van der Waals surface area contributed by atoms with Crippen LogP contribution in [0.4, 0.5) is 5.69 Å². The molecule has 4 rings (SSSR count). The van der Waals surface area contributed by atoms with E-state index in [1.165, 1.54) is 16.7 Å². The zero-order valence-electron chi connectivity index (χ0n) is 19.5. The van der Waals surface area contributed by atoms with Crippen LogP contribution in [-0.2, 0) is 19.3 Å². The smallest absolute Gasteiger partial charge is 0.161 e. The van der Waals surface area contributed by atoms with Gasteiger partial charge < -0.3 is 10.1 Å². The van der Waals surface area contributed by atoms with Gasteiger partial charge in [0.1, 0.15) is 5.75 Å². The number of anilines is 1. The number of fused-ring (bicyclic) bond motifs is 1. The van der Waals surface area contributed by atoms with Crippen LogP contribution in [0.1, 0.15) is 72.4 Å². The summed E-state index contributed by atoms with van der Waals surface area (Å²) in [5.74, 6) is 0.934. The molecule has 0 aliphatic heterocycles. The van der Waals surface area contributed by atoms with E-state index in [4.69, 9.17) is 9.72 Å². The third-order valence-corrected chi connectivity index (χ3v) is 6.47. The maximum atomic E-state index is 12.1. The average Bonchev–Trinajstić information content (AvgIpc) is 2.83. The molecule has 0 saturated heterocycles. The number of aryl methyl sites for hydroxylation is 3. The lowest BCUT2D eigenvalue weighted by Gasteiger charge is -2.29. The summed E-state index contributed by atoms with van der Waals surface area (Å²) < 4.78 is 5.92. The molecule has 1 aliphatic rings. The van der Waals surface area contributed by atoms with Crippen LogP contribution in [0, 0.1) is 0 Å². The lowest BCUT2D eigenvalue weighted by molar-refractivity contribution is 0.101. The number of nitrogens with one attached hydrogen (secondary N) is 1. The maximum absolute atomic E-state index is 12.1. The minimum atomic E-state index is 0.0582. The van der Waals surface area contributed by atoms with Crippen LogP contribution in [-0.4, -0.2) is 17.9 Å². The monoisotopic (exact) mass is 428 g/mol. The molecule has 1 unspecified atom stereocenters. The van der Waals surface area contributed by atoms with E-state index in [0.717, 1.165) is 60.5 Å². The van der Waals surface area contributed by atoms with Crippen molar-refractivity contribution in [3.63, 3.8) is 0 Å². The van der Waals surface area contributed by atoms with E-state index in [-0.39, 0.29) is 11.8 Å². The van der Waals surface area contributed by atoms with Gasteiger partial charge in [0.15, 0.2) is 5.78 Å². The Morgan fingerprint density at radius 1 is 1.09 bits per heavy atom. The normalized spacial score (nSPS) is 15.2. The van der Waals surface area contributed by atoms with Crippen LogP contribution in [0.25, 0.3) is 11.3 Å². The van der Waals surface area contributed by atoms with Crippen LogP contribution in [0.15, 0.2) is 48.5 Å². The molecule has 2 aromatic carbocycles. The Morgan fingerprint density at radius 3 is 2.47 bits per heavy atom. The lowest BCUT2D eigenvalue weighted by atomic mass is 9.88. The van der Waals surface area contributed by atoms with E-state index in [1.54, 1.807) is 14.0 Å². The molecular formula is C28H32N2O2. The second kappa shape index (κ2) is 9.56. The molecule has 1 atom stereocenters. The Kier molecular flexibility index (Phi) is 6.59. The number of aromatic nitrogens is 1. The number of carbonyl (C=O) groups excluding carboxylic acids is 1. The number of hydrogen-bond acceptors (Lipinski definition) is 4. The fourth-order valence-corrected chi connectivity index (χ4v) is 4.88. The second-order valence-electron chi connectivity index (χ2n) is 8.42. The van der Waals surface area contributed by atoms with E-state index in [0.29, 0.717) is 5.56 Å². The van der Waals surface area contributed by atoms with Gasteiger partial charge in [0.05, 0.1) is 24.5 Å². The molecule has 4 nitrogen and oxygen atoms in total. The van der Waals surface area contributed by atoms with Crippen LogP contribution in [0.2, 0.25) is 0 Å². The first-order valence-electron chi connectivity index (χ1n) is 11.6. The number of ketones is 1. The van der Waals surface area contributed by atoms with E-state index in [2.05, 4.69) is 43.4 Å². The maximum Gasteiger partial charge on any atom is 0.161 e. The number of para-hydroxylation sites is 1. The third-order valence-electron chi connectivity index (χ3n) is 6.47. The van der Waals surface area contributed by atoms with Gasteiger partial charge in [-0.2, -0.15) is 0 Å². The Balaban J connectivity index is 1.80. The van der Waals surface area contributed by atoms with Crippen molar-refractivity contribution in [3.05, 3.63) is 76.5 Å². The molecule has 0 bridgehead atoms. The Morgan fingerprint density at radius 2 is 1.81 bits per heavy atom. The number of pyridine rings is 1. The van der Waals surface area contributed by atoms with Crippen LogP contribution in [0.5, 0.6) is 5.75 Å². The largest absolute Gasteiger partial charge is 0.496 e. The highest BCUT2D eigenvalue weighted by Gasteiger charge is 2.28. The average molecular weight is 429 g/mol. The number of benzene rings is 2. The molecule has 0 spiro atoms. The Hall–Kier alpha value is -3.14. The fraction of sp³-hybridized carbons (Fsp3) is 0.357. The number of ether oxygens (including phenoxy) is 1. The SMILES string of the molecule is CCc1cccc(CC)c1-c1cc(OC)c2c(n1)CCCC2Nc1ccccc1C(C)=O. The molecule has 32 heavy (non-hydrogen) atoms. The molecule has 0 radical (unpaired) electrons. The third kappa shape index (κ3) is 4.14. The van der Waals surface area contributed by atoms with Crippen LogP contribution < -0.4 is 10.1 Å². The van der Waals surface area contributed by atoms with E-state index in [9.17, 15) is 4.79 Å². The predicted octanol–water partition coefficient (Wildman–Crippen LogP) is 6.57. The van der Waals surface area contributed by atoms with E-state index < -0.39 is 0 Å². The van der Waals surface area contributed by atoms with Crippen LogP contribution >= 0.6 is 0 Å². The van der Waals surface area contributed by atoms with Crippen LogP contribution in [0.3, 0.4) is 0 Å². The Bertz CT molecular complexity index is 1100. The molecule has 4 heteroatoms. The number of Topliss-reactive ketones (excluding diaryl/α,β-unsaturated/α-hetero) is 1. The van der Waals surface area contributed by atoms with Gasteiger partial charge in [0, 0.05) is 28.4 Å². The number of nitrogens with zero attached hydrogens (tertiary/aromatic N) is 1. The first-order valence-corrected chi connectivity index (χ1v) is 11.6. The van der Waals surface area contributed by atoms with Gasteiger partial charge in [0.25, 0.3) is 0 Å². The number of hydrogen-bond donors (Lipinski definition) is 1. The highest BCUT2D eigenvalue weighted by Crippen LogP contribution is 2.41. The summed E-state index contributed by atoms with van der Waals surface area (Å²) in [6, 6.07) is 16.4. The summed E-state index contributed by atoms with van der Waals surface area (Å²) in [6.07, 6.45) is 4.89. The van der Waals surface area contributed by atoms with Gasteiger partial charge in [-0.15, -0.1) is 0 Å². The van der Waals surface area contributed by atoms with Gasteiger partial charge in [-0.1, -0.05) is 44.2 Å². The zero-order valence-corrected chi connectivity index (χ0v) is 19.5. The standard InChI is InChI=1S/C28H32N2O2/c1-5-19-11-9-12-20(6-2)27(19)25-17-26(32-4)28-23(15-10-16-24(28)30-25)29-22-14-8-7-13-21(22)18(3)31/h7-9,11-14,17,23,29H,5-6,10,15-16H2,1-4H3. The summed E-state index contributed by atoms with van der Waals surface area (Å²) in [5.41, 5.74) is 8.68. The predicted molar refractivity (Wildman–Crippen MR) is 131 cm³/mol. The molecule has 3 aromatic rings. The highest BCUT2D eigenvalue weighted by molar-refractivity contribution is 5.99. The second-order valence-corrected chi connectivity index (χ2v) is 8.42. The van der Waals surface area contributed by atoms with Crippen molar-refractivity contribution < 1.29 is 9.53 Å². The topological polar surface area (TPSA) is 51.2 Å². The molecule has 1 N–H and O–H groups in total. The Labute approximate surface area is 191 Å². The number of rotatable bonds is 7. The molecular weight excluding hydrogens is 396 g/mol. The van der Waals surface area contributed by atoms with Crippen molar-refractivity contribution in [1.29, 1.82) is 0 Å². The van der Waals surface area contributed by atoms with Crippen molar-refractivity contribution in [2.75, 3.05) is 12.4 Å². The van der Waals surface area contributed by atoms with Crippen molar-refractivity contribution >= 4 is 11.5 Å². The molecule has 0 fully saturated rings. The van der Waals surface area contributed by atoms with Gasteiger partial charge in [-0.05, 0) is 62.3 Å². The first kappa shape index (κ1) is 22.1. The minimum absolute atomic E-state index is 0.0582. The number of carbonyl (C=O) groups is 1. The summed E-state index contributed by atoms with van der Waals surface area (Å²) in [7, 11) is 1.74. The van der Waals surface area contributed by atoms with Crippen molar-refractivity contribution in [1.82, 2.24) is 4.98 Å². The molecule has 1 aromatic heterocycles. The van der Waals surface area contributed by atoms with E-state index >= 15 is 0 Å². The van der Waals surface area contributed by atoms with Gasteiger partial charge >= 0.3 is 0 Å². The van der Waals surface area contributed by atoms with Gasteiger partial charge in [0.2, 0.25) is 0 Å². The highest BCUT2D eigenvalue weighted by atomic mass is 16.5. The van der Waals surface area contributed by atoms with Crippen molar-refractivity contribution in [3.8, 4) is 17.0 Å². The first-order chi connectivity index (χ1) is 15.6.